The summed E-state index contributed by atoms with van der Waals surface area (Å²) >= 11 is 5.48. The molecule has 0 aliphatic rings. The van der Waals surface area contributed by atoms with Crippen LogP contribution in [0, 0.1) is 3.57 Å². The van der Waals surface area contributed by atoms with E-state index in [0.29, 0.717) is 5.75 Å². The Balaban J connectivity index is 2.86. The van der Waals surface area contributed by atoms with Crippen molar-refractivity contribution >= 4 is 38.5 Å². The van der Waals surface area contributed by atoms with Crippen LogP contribution in [0.15, 0.2) is 16.6 Å². The Bertz CT molecular complexity index is 276. The van der Waals surface area contributed by atoms with Crippen molar-refractivity contribution < 1.29 is 5.11 Å². The van der Waals surface area contributed by atoms with Crippen molar-refractivity contribution in [1.82, 2.24) is 0 Å². The molecule has 0 saturated carbocycles. The molecule has 0 heterocycles. The molecule has 0 unspecified atom stereocenters. The summed E-state index contributed by atoms with van der Waals surface area (Å²) in [6, 6.07) is 4.03. The van der Waals surface area contributed by atoms with E-state index in [1.165, 1.54) is 18.4 Å². The molecule has 72 valence electrons. The minimum atomic E-state index is 0.348. The SMILES string of the molecule is CCCCc1cc(Br)c(O)c(I)c1. The maximum absolute atomic E-state index is 9.50. The van der Waals surface area contributed by atoms with Crippen LogP contribution in [0.25, 0.3) is 0 Å². The maximum Gasteiger partial charge on any atom is 0.143 e. The summed E-state index contributed by atoms with van der Waals surface area (Å²) in [5, 5.41) is 9.50. The highest BCUT2D eigenvalue weighted by Gasteiger charge is 2.04. The molecule has 0 saturated heterocycles. The summed E-state index contributed by atoms with van der Waals surface area (Å²) in [4.78, 5) is 0. The van der Waals surface area contributed by atoms with Gasteiger partial charge in [0.05, 0.1) is 8.04 Å². The van der Waals surface area contributed by atoms with Gasteiger partial charge in [-0.3, -0.25) is 0 Å². The molecular formula is C10H12BrIO. The molecule has 0 spiro atoms. The Hall–Kier alpha value is 0.230. The molecule has 1 aromatic rings. The highest BCUT2D eigenvalue weighted by Crippen LogP contribution is 2.30. The first-order valence-corrected chi connectivity index (χ1v) is 6.19. The van der Waals surface area contributed by atoms with Crippen LogP contribution < -0.4 is 0 Å². The fraction of sp³-hybridized carbons (Fsp3) is 0.400. The topological polar surface area (TPSA) is 20.2 Å². The zero-order chi connectivity index (χ0) is 9.84. The first-order chi connectivity index (χ1) is 6.15. The number of phenols is 1. The van der Waals surface area contributed by atoms with Gasteiger partial charge in [-0.15, -0.1) is 0 Å². The van der Waals surface area contributed by atoms with E-state index in [1.54, 1.807) is 0 Å². The standard InChI is InChI=1S/C10H12BrIO/c1-2-3-4-7-5-8(11)10(13)9(12)6-7/h5-6,13H,2-4H2,1H3. The van der Waals surface area contributed by atoms with Crippen molar-refractivity contribution in [2.75, 3.05) is 0 Å². The van der Waals surface area contributed by atoms with Gasteiger partial charge in [0.2, 0.25) is 0 Å². The Morgan fingerprint density at radius 1 is 1.46 bits per heavy atom. The average molecular weight is 355 g/mol. The lowest BCUT2D eigenvalue weighted by Gasteiger charge is -2.04. The van der Waals surface area contributed by atoms with Crippen molar-refractivity contribution in [2.45, 2.75) is 26.2 Å². The normalized spacial score (nSPS) is 10.4. The quantitative estimate of drug-likeness (QED) is 0.810. The number of unbranched alkanes of at least 4 members (excludes halogenated alkanes) is 1. The van der Waals surface area contributed by atoms with E-state index in [1.807, 2.05) is 12.1 Å². The van der Waals surface area contributed by atoms with Gasteiger partial charge in [-0.05, 0) is 69.1 Å². The number of hydrogen-bond donors (Lipinski definition) is 1. The number of aryl methyl sites for hydroxylation is 1. The molecule has 0 amide bonds. The lowest BCUT2D eigenvalue weighted by molar-refractivity contribution is 0.467. The molecule has 1 N–H and O–H groups in total. The van der Waals surface area contributed by atoms with Gasteiger partial charge in [0.25, 0.3) is 0 Å². The fourth-order valence-electron chi connectivity index (χ4n) is 1.14. The molecule has 3 heteroatoms. The van der Waals surface area contributed by atoms with Crippen LogP contribution in [-0.2, 0) is 6.42 Å². The minimum absolute atomic E-state index is 0.348. The molecule has 0 aliphatic carbocycles. The molecular weight excluding hydrogens is 343 g/mol. The van der Waals surface area contributed by atoms with Crippen molar-refractivity contribution in [3.63, 3.8) is 0 Å². The van der Waals surface area contributed by atoms with E-state index in [4.69, 9.17) is 0 Å². The molecule has 0 atom stereocenters. The predicted octanol–water partition coefficient (Wildman–Crippen LogP) is 4.10. The third-order valence-electron chi connectivity index (χ3n) is 1.90. The Morgan fingerprint density at radius 3 is 2.69 bits per heavy atom. The molecule has 0 radical (unpaired) electrons. The first kappa shape index (κ1) is 11.3. The zero-order valence-corrected chi connectivity index (χ0v) is 11.2. The average Bonchev–Trinajstić information content (AvgIpc) is 2.10. The van der Waals surface area contributed by atoms with Crippen molar-refractivity contribution in [3.8, 4) is 5.75 Å². The summed E-state index contributed by atoms with van der Waals surface area (Å²) in [5.41, 5.74) is 1.29. The second kappa shape index (κ2) is 5.20. The van der Waals surface area contributed by atoms with Crippen LogP contribution in [0.2, 0.25) is 0 Å². The first-order valence-electron chi connectivity index (χ1n) is 4.32. The smallest absolute Gasteiger partial charge is 0.143 e. The van der Waals surface area contributed by atoms with E-state index in [-0.39, 0.29) is 0 Å². The van der Waals surface area contributed by atoms with Gasteiger partial charge in [0.15, 0.2) is 0 Å². The number of phenolic OH excluding ortho intramolecular Hbond substituents is 1. The van der Waals surface area contributed by atoms with Gasteiger partial charge in [-0.2, -0.15) is 0 Å². The van der Waals surface area contributed by atoms with Gasteiger partial charge < -0.3 is 5.11 Å². The molecule has 0 fully saturated rings. The number of benzene rings is 1. The van der Waals surface area contributed by atoms with Gasteiger partial charge in [0, 0.05) is 0 Å². The number of rotatable bonds is 3. The molecule has 0 bridgehead atoms. The minimum Gasteiger partial charge on any atom is -0.506 e. The summed E-state index contributed by atoms with van der Waals surface area (Å²) in [5.74, 6) is 0.348. The summed E-state index contributed by atoms with van der Waals surface area (Å²) in [7, 11) is 0. The predicted molar refractivity (Wildman–Crippen MR) is 67.1 cm³/mol. The van der Waals surface area contributed by atoms with E-state index >= 15 is 0 Å². The lowest BCUT2D eigenvalue weighted by atomic mass is 10.1. The third-order valence-corrected chi connectivity index (χ3v) is 3.32. The summed E-state index contributed by atoms with van der Waals surface area (Å²) in [6.07, 6.45) is 3.49. The van der Waals surface area contributed by atoms with Gasteiger partial charge >= 0.3 is 0 Å². The van der Waals surface area contributed by atoms with Crippen molar-refractivity contribution in [1.29, 1.82) is 0 Å². The van der Waals surface area contributed by atoms with Gasteiger partial charge in [-0.25, -0.2) is 0 Å². The molecule has 13 heavy (non-hydrogen) atoms. The number of aromatic hydroxyl groups is 1. The second-order valence-electron chi connectivity index (χ2n) is 3.01. The molecule has 1 rings (SSSR count). The monoisotopic (exact) mass is 354 g/mol. The van der Waals surface area contributed by atoms with Crippen LogP contribution in [0.5, 0.6) is 5.75 Å². The van der Waals surface area contributed by atoms with Crippen LogP contribution in [-0.4, -0.2) is 5.11 Å². The van der Waals surface area contributed by atoms with E-state index in [0.717, 1.165) is 14.5 Å². The number of hydrogen-bond acceptors (Lipinski definition) is 1. The molecule has 0 aromatic heterocycles. The van der Waals surface area contributed by atoms with Crippen LogP contribution in [0.3, 0.4) is 0 Å². The highest BCUT2D eigenvalue weighted by molar-refractivity contribution is 14.1. The lowest BCUT2D eigenvalue weighted by Crippen LogP contribution is -1.87. The fourth-order valence-corrected chi connectivity index (χ4v) is 2.71. The Morgan fingerprint density at radius 2 is 2.15 bits per heavy atom. The molecule has 1 nitrogen and oxygen atoms in total. The Labute approximate surface area is 101 Å². The highest BCUT2D eigenvalue weighted by atomic mass is 127. The van der Waals surface area contributed by atoms with Crippen LogP contribution in [0.1, 0.15) is 25.3 Å². The maximum atomic E-state index is 9.50. The largest absolute Gasteiger partial charge is 0.506 e. The molecule has 0 aliphatic heterocycles. The Kier molecular flexibility index (Phi) is 4.52. The van der Waals surface area contributed by atoms with Crippen LogP contribution >= 0.6 is 38.5 Å². The van der Waals surface area contributed by atoms with E-state index < -0.39 is 0 Å². The van der Waals surface area contributed by atoms with Gasteiger partial charge in [0.1, 0.15) is 5.75 Å². The second-order valence-corrected chi connectivity index (χ2v) is 5.03. The van der Waals surface area contributed by atoms with E-state index in [2.05, 4.69) is 45.4 Å². The number of halogens is 2. The van der Waals surface area contributed by atoms with Crippen LogP contribution in [0.4, 0.5) is 0 Å². The van der Waals surface area contributed by atoms with Crippen molar-refractivity contribution in [3.05, 3.63) is 25.7 Å². The van der Waals surface area contributed by atoms with Crippen molar-refractivity contribution in [2.24, 2.45) is 0 Å². The molecule has 1 aromatic carbocycles. The summed E-state index contributed by atoms with van der Waals surface area (Å²) in [6.45, 7) is 2.18. The zero-order valence-electron chi connectivity index (χ0n) is 7.48. The van der Waals surface area contributed by atoms with Gasteiger partial charge in [-0.1, -0.05) is 13.3 Å². The third kappa shape index (κ3) is 3.13. The van der Waals surface area contributed by atoms with E-state index in [9.17, 15) is 5.11 Å². The summed E-state index contributed by atoms with van der Waals surface area (Å²) < 4.78 is 1.71.